The van der Waals surface area contributed by atoms with E-state index in [2.05, 4.69) is 0 Å². The van der Waals surface area contributed by atoms with Gasteiger partial charge in [-0.15, -0.1) is 0 Å². The summed E-state index contributed by atoms with van der Waals surface area (Å²) in [6.45, 7) is 2.54. The van der Waals surface area contributed by atoms with Gasteiger partial charge in [0, 0.05) is 5.92 Å². The summed E-state index contributed by atoms with van der Waals surface area (Å²) in [5.74, 6) is -0.300. The summed E-state index contributed by atoms with van der Waals surface area (Å²) in [7, 11) is 0. The highest BCUT2D eigenvalue weighted by Crippen LogP contribution is 2.40. The lowest BCUT2D eigenvalue weighted by molar-refractivity contribution is -0.189. The SMILES string of the molecule is CC(COC(=O)C1CC2CC(C1)O2)COC(=O)C1CCC2OC2C1. The lowest BCUT2D eigenvalue weighted by atomic mass is 9.81. The standard InChI is InChI=1S/C18H26O6/c1-10(8-21-17(19)11-2-3-15-16(6-11)24-15)9-22-18(20)12-4-13-7-14(5-12)23-13/h10-16H,2-9H2,1H3. The molecule has 0 aromatic rings. The minimum atomic E-state index is -0.133. The van der Waals surface area contributed by atoms with Gasteiger partial charge in [0.15, 0.2) is 0 Å². The van der Waals surface area contributed by atoms with Crippen molar-refractivity contribution in [3.05, 3.63) is 0 Å². The van der Waals surface area contributed by atoms with Crippen LogP contribution in [0.1, 0.15) is 45.4 Å². The Morgan fingerprint density at radius 2 is 1.50 bits per heavy atom. The van der Waals surface area contributed by atoms with Crippen LogP contribution in [0.4, 0.5) is 0 Å². The summed E-state index contributed by atoms with van der Waals surface area (Å²) >= 11 is 0. The first-order valence-corrected chi connectivity index (χ1v) is 9.22. The maximum atomic E-state index is 12.1. The Balaban J connectivity index is 1.12. The van der Waals surface area contributed by atoms with E-state index in [0.29, 0.717) is 19.3 Å². The summed E-state index contributed by atoms with van der Waals surface area (Å²) in [5, 5.41) is 0. The number of carbonyl (C=O) groups excluding carboxylic acids is 2. The van der Waals surface area contributed by atoms with E-state index in [-0.39, 0.29) is 48.0 Å². The van der Waals surface area contributed by atoms with Gasteiger partial charge in [0.25, 0.3) is 0 Å². The molecule has 2 aliphatic carbocycles. The fourth-order valence-corrected chi connectivity index (χ4v) is 4.13. The topological polar surface area (TPSA) is 74.4 Å². The van der Waals surface area contributed by atoms with E-state index >= 15 is 0 Å². The number of ether oxygens (including phenoxy) is 4. The molecule has 5 aliphatic rings. The first-order valence-electron chi connectivity index (χ1n) is 9.22. The molecule has 5 rings (SSSR count). The number of fused-ring (bicyclic) bond motifs is 3. The molecule has 134 valence electrons. The van der Waals surface area contributed by atoms with Crippen molar-refractivity contribution >= 4 is 11.9 Å². The van der Waals surface area contributed by atoms with Crippen LogP contribution in [0.5, 0.6) is 0 Å². The van der Waals surface area contributed by atoms with Gasteiger partial charge in [-0.05, 0) is 38.5 Å². The lowest BCUT2D eigenvalue weighted by Gasteiger charge is -2.44. The van der Waals surface area contributed by atoms with Crippen molar-refractivity contribution in [2.45, 2.75) is 69.9 Å². The Morgan fingerprint density at radius 3 is 2.12 bits per heavy atom. The van der Waals surface area contributed by atoms with Crippen LogP contribution in [-0.4, -0.2) is 49.6 Å². The highest BCUT2D eigenvalue weighted by atomic mass is 16.6. The Bertz CT molecular complexity index is 466. The van der Waals surface area contributed by atoms with Crippen LogP contribution in [0, 0.1) is 17.8 Å². The predicted octanol–water partition coefficient (Wildman–Crippen LogP) is 1.84. The van der Waals surface area contributed by atoms with Crippen LogP contribution >= 0.6 is 0 Å². The number of hydrogen-bond donors (Lipinski definition) is 0. The van der Waals surface area contributed by atoms with Gasteiger partial charge in [-0.2, -0.15) is 0 Å². The van der Waals surface area contributed by atoms with Gasteiger partial charge < -0.3 is 18.9 Å². The number of hydrogen-bond acceptors (Lipinski definition) is 6. The maximum absolute atomic E-state index is 12.1. The van der Waals surface area contributed by atoms with Crippen LogP contribution in [0.2, 0.25) is 0 Å². The Labute approximate surface area is 142 Å². The summed E-state index contributed by atoms with van der Waals surface area (Å²) < 4.78 is 21.8. The molecule has 0 spiro atoms. The van der Waals surface area contributed by atoms with Crippen LogP contribution in [0.25, 0.3) is 0 Å². The zero-order chi connectivity index (χ0) is 16.7. The van der Waals surface area contributed by atoms with Crippen molar-refractivity contribution in [1.29, 1.82) is 0 Å². The van der Waals surface area contributed by atoms with Gasteiger partial charge in [0.05, 0.1) is 49.5 Å². The van der Waals surface area contributed by atoms with Gasteiger partial charge in [0.1, 0.15) is 0 Å². The molecule has 6 nitrogen and oxygen atoms in total. The predicted molar refractivity (Wildman–Crippen MR) is 83.1 cm³/mol. The second-order valence-corrected chi connectivity index (χ2v) is 7.87. The fourth-order valence-electron chi connectivity index (χ4n) is 4.13. The average Bonchev–Trinajstić information content (AvgIpc) is 3.35. The molecule has 3 heterocycles. The Hall–Kier alpha value is -1.14. The van der Waals surface area contributed by atoms with E-state index in [1.807, 2.05) is 6.92 Å². The van der Waals surface area contributed by atoms with E-state index < -0.39 is 0 Å². The van der Waals surface area contributed by atoms with E-state index in [1.165, 1.54) is 0 Å². The van der Waals surface area contributed by atoms with E-state index in [0.717, 1.165) is 38.5 Å². The molecular weight excluding hydrogens is 312 g/mol. The van der Waals surface area contributed by atoms with Crippen molar-refractivity contribution in [2.24, 2.45) is 17.8 Å². The molecule has 0 radical (unpaired) electrons. The molecule has 3 aliphatic heterocycles. The normalized spacial score (nSPS) is 40.7. The molecule has 0 aromatic carbocycles. The van der Waals surface area contributed by atoms with Crippen LogP contribution in [0.3, 0.4) is 0 Å². The molecule has 6 atom stereocenters. The van der Waals surface area contributed by atoms with Crippen molar-refractivity contribution in [1.82, 2.24) is 0 Å². The molecule has 2 bridgehead atoms. The minimum Gasteiger partial charge on any atom is -0.465 e. The highest BCUT2D eigenvalue weighted by Gasteiger charge is 2.46. The monoisotopic (exact) mass is 338 g/mol. The van der Waals surface area contributed by atoms with Gasteiger partial charge in [0.2, 0.25) is 0 Å². The molecule has 24 heavy (non-hydrogen) atoms. The van der Waals surface area contributed by atoms with Crippen molar-refractivity contribution in [3.8, 4) is 0 Å². The average molecular weight is 338 g/mol. The Morgan fingerprint density at radius 1 is 0.875 bits per heavy atom. The number of esters is 2. The third kappa shape index (κ3) is 3.59. The largest absolute Gasteiger partial charge is 0.465 e. The number of carbonyl (C=O) groups is 2. The molecule has 6 heteroatoms. The third-order valence-corrected chi connectivity index (χ3v) is 5.70. The zero-order valence-electron chi connectivity index (χ0n) is 14.1. The molecule has 6 unspecified atom stereocenters. The minimum absolute atomic E-state index is 0.0146. The molecule has 0 amide bonds. The summed E-state index contributed by atoms with van der Waals surface area (Å²) in [6, 6.07) is 0. The summed E-state index contributed by atoms with van der Waals surface area (Å²) in [4.78, 5) is 24.2. The van der Waals surface area contributed by atoms with Gasteiger partial charge in [-0.1, -0.05) is 6.92 Å². The van der Waals surface area contributed by atoms with E-state index in [9.17, 15) is 9.59 Å². The van der Waals surface area contributed by atoms with Crippen LogP contribution in [0.15, 0.2) is 0 Å². The molecule has 3 saturated heterocycles. The zero-order valence-corrected chi connectivity index (χ0v) is 14.1. The number of epoxide rings is 1. The second kappa shape index (κ2) is 6.64. The first kappa shape index (κ1) is 16.3. The summed E-state index contributed by atoms with van der Waals surface area (Å²) in [5.41, 5.74) is 0. The Kier molecular flexibility index (Phi) is 4.52. The van der Waals surface area contributed by atoms with Crippen molar-refractivity contribution in [3.63, 3.8) is 0 Å². The van der Waals surface area contributed by atoms with E-state index in [4.69, 9.17) is 18.9 Å². The van der Waals surface area contributed by atoms with Gasteiger partial charge >= 0.3 is 11.9 Å². The molecule has 2 saturated carbocycles. The van der Waals surface area contributed by atoms with E-state index in [1.54, 1.807) is 0 Å². The van der Waals surface area contributed by atoms with Gasteiger partial charge in [-0.25, -0.2) is 0 Å². The molecular formula is C18H26O6. The quantitative estimate of drug-likeness (QED) is 0.543. The summed E-state index contributed by atoms with van der Waals surface area (Å²) in [6.07, 6.45) is 6.44. The molecule has 5 fully saturated rings. The van der Waals surface area contributed by atoms with Gasteiger partial charge in [-0.3, -0.25) is 9.59 Å². The third-order valence-electron chi connectivity index (χ3n) is 5.70. The highest BCUT2D eigenvalue weighted by molar-refractivity contribution is 5.73. The molecule has 0 N–H and O–H groups in total. The number of rotatable bonds is 6. The van der Waals surface area contributed by atoms with Crippen molar-refractivity contribution < 1.29 is 28.5 Å². The second-order valence-electron chi connectivity index (χ2n) is 7.87. The smallest absolute Gasteiger partial charge is 0.309 e. The van der Waals surface area contributed by atoms with Crippen LogP contribution < -0.4 is 0 Å². The lowest BCUT2D eigenvalue weighted by Crippen LogP contribution is -2.47. The fraction of sp³-hybridized carbons (Fsp3) is 0.889. The molecule has 0 aromatic heterocycles. The first-order chi connectivity index (χ1) is 11.6. The van der Waals surface area contributed by atoms with Crippen molar-refractivity contribution in [2.75, 3.05) is 13.2 Å². The maximum Gasteiger partial charge on any atom is 0.309 e. The van der Waals surface area contributed by atoms with Crippen LogP contribution in [-0.2, 0) is 28.5 Å².